The number of fused-ring (bicyclic) bond motifs is 3. The van der Waals surface area contributed by atoms with Gasteiger partial charge in [-0.15, -0.1) is 15.0 Å². The first-order valence-electron chi connectivity index (χ1n) is 12.4. The van der Waals surface area contributed by atoms with E-state index in [9.17, 15) is 9.59 Å². The fourth-order valence-electron chi connectivity index (χ4n) is 4.64. The molecule has 5 rings (SSSR count). The van der Waals surface area contributed by atoms with Crippen LogP contribution < -0.4 is 4.74 Å². The van der Waals surface area contributed by atoms with E-state index in [-0.39, 0.29) is 17.5 Å². The number of tetrazole rings is 1. The van der Waals surface area contributed by atoms with E-state index in [0.29, 0.717) is 25.0 Å². The third-order valence-corrected chi connectivity index (χ3v) is 6.62. The molecule has 2 aliphatic carbocycles. The van der Waals surface area contributed by atoms with E-state index in [1.54, 1.807) is 24.3 Å². The van der Waals surface area contributed by atoms with Gasteiger partial charge in [-0.3, -0.25) is 9.89 Å². The average Bonchev–Trinajstić information content (AvgIpc) is 3.18. The number of unbranched alkanes of at least 4 members (excludes halogenated alkanes) is 3. The van der Waals surface area contributed by atoms with Crippen LogP contribution in [0.4, 0.5) is 0 Å². The first-order valence-corrected chi connectivity index (χ1v) is 12.4. The SMILES string of the molecule is CC(=O)Oc1ccccc1C(=O)OCCCCCCOC(C)n1nnc(-c2n[nH]c3c2C[C@H]2C[C@@H]32)n1. The van der Waals surface area contributed by atoms with Gasteiger partial charge in [-0.05, 0) is 62.3 Å². The molecule has 1 fully saturated rings. The Morgan fingerprint density at radius 3 is 2.81 bits per heavy atom. The van der Waals surface area contributed by atoms with Gasteiger partial charge in [-0.2, -0.15) is 5.10 Å². The van der Waals surface area contributed by atoms with Crippen molar-refractivity contribution >= 4 is 11.9 Å². The maximum Gasteiger partial charge on any atom is 0.341 e. The summed E-state index contributed by atoms with van der Waals surface area (Å²) in [4.78, 5) is 25.0. The van der Waals surface area contributed by atoms with Gasteiger partial charge >= 0.3 is 11.9 Å². The summed E-state index contributed by atoms with van der Waals surface area (Å²) < 4.78 is 16.3. The summed E-state index contributed by atoms with van der Waals surface area (Å²) in [5.41, 5.74) is 3.54. The Kier molecular flexibility index (Phi) is 7.08. The molecule has 36 heavy (non-hydrogen) atoms. The van der Waals surface area contributed by atoms with Crippen LogP contribution in [0.2, 0.25) is 0 Å². The minimum Gasteiger partial charge on any atom is -0.462 e. The summed E-state index contributed by atoms with van der Waals surface area (Å²) in [6, 6.07) is 6.54. The lowest BCUT2D eigenvalue weighted by Gasteiger charge is -2.11. The predicted octanol–water partition coefficient (Wildman–Crippen LogP) is 3.60. The second-order valence-electron chi connectivity index (χ2n) is 9.31. The number of esters is 2. The van der Waals surface area contributed by atoms with Crippen molar-refractivity contribution in [2.75, 3.05) is 13.2 Å². The Balaban J connectivity index is 0.975. The number of benzene rings is 1. The van der Waals surface area contributed by atoms with E-state index in [4.69, 9.17) is 14.2 Å². The highest BCUT2D eigenvalue weighted by molar-refractivity contribution is 5.93. The van der Waals surface area contributed by atoms with E-state index in [2.05, 4.69) is 25.6 Å². The van der Waals surface area contributed by atoms with Crippen LogP contribution >= 0.6 is 0 Å². The van der Waals surface area contributed by atoms with Gasteiger partial charge in [0.25, 0.3) is 0 Å². The zero-order chi connectivity index (χ0) is 25.1. The number of aromatic nitrogens is 6. The third-order valence-electron chi connectivity index (χ3n) is 6.62. The number of rotatable bonds is 12. The highest BCUT2D eigenvalue weighted by Gasteiger charge is 2.48. The molecule has 11 nitrogen and oxygen atoms in total. The van der Waals surface area contributed by atoms with E-state index in [1.807, 2.05) is 6.92 Å². The molecule has 1 saturated carbocycles. The minimum absolute atomic E-state index is 0.208. The van der Waals surface area contributed by atoms with Gasteiger partial charge in [0.05, 0.1) is 6.61 Å². The molecule has 3 atom stereocenters. The maximum absolute atomic E-state index is 12.3. The normalized spacial score (nSPS) is 18.4. The van der Waals surface area contributed by atoms with Crippen molar-refractivity contribution in [2.45, 2.75) is 64.5 Å². The summed E-state index contributed by atoms with van der Waals surface area (Å²) in [5.74, 6) is 1.18. The van der Waals surface area contributed by atoms with Gasteiger partial charge in [-0.1, -0.05) is 18.6 Å². The standard InChI is InChI=1S/C25H30N6O5/c1-15(31-29-24(28-30-31)23-20-14-17-13-19(17)22(20)26-27-23)34-11-7-3-4-8-12-35-25(33)18-9-5-6-10-21(18)36-16(2)32/h5-6,9-10,15,17,19H,3-4,7-8,11-14H2,1-2H3,(H,26,27)/t15?,17-,19-/m1/s1. The largest absolute Gasteiger partial charge is 0.462 e. The molecular formula is C25H30N6O5. The first kappa shape index (κ1) is 24.1. The zero-order valence-corrected chi connectivity index (χ0v) is 20.5. The lowest BCUT2D eigenvalue weighted by Crippen LogP contribution is -2.13. The molecule has 190 valence electrons. The van der Waals surface area contributed by atoms with Crippen molar-refractivity contribution in [3.05, 3.63) is 41.1 Å². The molecule has 1 N–H and O–H groups in total. The van der Waals surface area contributed by atoms with Crippen LogP contribution in [0.25, 0.3) is 11.5 Å². The van der Waals surface area contributed by atoms with E-state index in [0.717, 1.165) is 43.7 Å². The van der Waals surface area contributed by atoms with Gasteiger partial charge in [0.15, 0.2) is 6.23 Å². The smallest absolute Gasteiger partial charge is 0.341 e. The molecule has 0 radical (unpaired) electrons. The molecule has 2 aromatic heterocycles. The topological polar surface area (TPSA) is 134 Å². The Morgan fingerprint density at radius 2 is 1.97 bits per heavy atom. The van der Waals surface area contributed by atoms with Gasteiger partial charge in [0, 0.05) is 30.7 Å². The van der Waals surface area contributed by atoms with Crippen molar-refractivity contribution in [3.63, 3.8) is 0 Å². The second kappa shape index (κ2) is 10.6. The van der Waals surface area contributed by atoms with Gasteiger partial charge in [0.2, 0.25) is 5.82 Å². The molecule has 0 bridgehead atoms. The summed E-state index contributed by atoms with van der Waals surface area (Å²) >= 11 is 0. The molecule has 0 saturated heterocycles. The number of aromatic amines is 1. The number of H-pyrrole nitrogens is 1. The molecule has 3 aromatic rings. The molecule has 0 amide bonds. The molecular weight excluding hydrogens is 464 g/mol. The van der Waals surface area contributed by atoms with Crippen LogP contribution in [0.1, 0.15) is 79.7 Å². The summed E-state index contributed by atoms with van der Waals surface area (Å²) in [7, 11) is 0. The predicted molar refractivity (Wildman–Crippen MR) is 127 cm³/mol. The molecule has 11 heteroatoms. The Bertz CT molecular complexity index is 1240. The number of nitrogens with zero attached hydrogens (tertiary/aromatic N) is 5. The highest BCUT2D eigenvalue weighted by Crippen LogP contribution is 2.56. The van der Waals surface area contributed by atoms with Crippen LogP contribution in [0.5, 0.6) is 5.75 Å². The van der Waals surface area contributed by atoms with Crippen LogP contribution in [0.3, 0.4) is 0 Å². The summed E-state index contributed by atoms with van der Waals surface area (Å²) in [5, 5.41) is 20.4. The number of hydrogen-bond acceptors (Lipinski definition) is 9. The lowest BCUT2D eigenvalue weighted by molar-refractivity contribution is -0.131. The molecule has 2 heterocycles. The van der Waals surface area contributed by atoms with Crippen molar-refractivity contribution in [2.24, 2.45) is 5.92 Å². The molecule has 0 aliphatic heterocycles. The van der Waals surface area contributed by atoms with Gasteiger partial charge < -0.3 is 14.2 Å². The Hall–Kier alpha value is -3.60. The van der Waals surface area contributed by atoms with Crippen LogP contribution in [0.15, 0.2) is 24.3 Å². The molecule has 1 unspecified atom stereocenters. The fourth-order valence-corrected chi connectivity index (χ4v) is 4.64. The van der Waals surface area contributed by atoms with E-state index < -0.39 is 11.9 Å². The molecule has 1 aromatic carbocycles. The number of nitrogens with one attached hydrogen (secondary N) is 1. The van der Waals surface area contributed by atoms with Crippen LogP contribution in [-0.4, -0.2) is 55.6 Å². The third kappa shape index (κ3) is 5.30. The lowest BCUT2D eigenvalue weighted by atomic mass is 10.1. The van der Waals surface area contributed by atoms with Crippen molar-refractivity contribution in [1.82, 2.24) is 30.4 Å². The fraction of sp³-hybridized carbons (Fsp3) is 0.520. The van der Waals surface area contributed by atoms with Crippen LogP contribution in [0, 0.1) is 5.92 Å². The van der Waals surface area contributed by atoms with E-state index >= 15 is 0 Å². The van der Waals surface area contributed by atoms with Crippen molar-refractivity contribution in [1.29, 1.82) is 0 Å². The van der Waals surface area contributed by atoms with E-state index in [1.165, 1.54) is 29.4 Å². The number of ether oxygens (including phenoxy) is 3. The second-order valence-corrected chi connectivity index (χ2v) is 9.31. The average molecular weight is 495 g/mol. The Morgan fingerprint density at radius 1 is 1.17 bits per heavy atom. The molecule has 0 spiro atoms. The number of para-hydroxylation sites is 1. The summed E-state index contributed by atoms with van der Waals surface area (Å²) in [6.07, 6.45) is 5.42. The zero-order valence-electron chi connectivity index (χ0n) is 20.5. The monoisotopic (exact) mass is 494 g/mol. The van der Waals surface area contributed by atoms with Crippen molar-refractivity contribution in [3.8, 4) is 17.3 Å². The quantitative estimate of drug-likeness (QED) is 0.228. The maximum atomic E-state index is 12.3. The number of hydrogen-bond donors (Lipinski definition) is 1. The molecule has 2 aliphatic rings. The Labute approximate surface area is 208 Å². The van der Waals surface area contributed by atoms with Crippen LogP contribution in [-0.2, 0) is 20.7 Å². The summed E-state index contributed by atoms with van der Waals surface area (Å²) in [6.45, 7) is 4.05. The van der Waals surface area contributed by atoms with Gasteiger partial charge in [0.1, 0.15) is 17.0 Å². The number of carbonyl (C=O) groups is 2. The first-order chi connectivity index (χ1) is 17.5. The minimum atomic E-state index is -0.500. The van der Waals surface area contributed by atoms with Gasteiger partial charge in [-0.25, -0.2) is 4.79 Å². The highest BCUT2D eigenvalue weighted by atomic mass is 16.5. The number of carbonyl (C=O) groups excluding carboxylic acids is 2. The van der Waals surface area contributed by atoms with Crippen molar-refractivity contribution < 1.29 is 23.8 Å².